The molecule has 0 aliphatic rings. The van der Waals surface area contributed by atoms with Gasteiger partial charge in [0.15, 0.2) is 0 Å². The van der Waals surface area contributed by atoms with E-state index in [-0.39, 0.29) is 0 Å². The van der Waals surface area contributed by atoms with Gasteiger partial charge in [-0.2, -0.15) is 0 Å². The molecular formula is C57H51N3. The van der Waals surface area contributed by atoms with Gasteiger partial charge in [-0.1, -0.05) is 149 Å². The zero-order valence-electron chi connectivity index (χ0n) is 34.9. The molecule has 7 aromatic carbocycles. The van der Waals surface area contributed by atoms with Gasteiger partial charge in [-0.15, -0.1) is 0 Å². The maximum absolute atomic E-state index is 2.54. The van der Waals surface area contributed by atoms with Crippen LogP contribution in [0, 0.1) is 0 Å². The number of hydrogen-bond donors (Lipinski definition) is 0. The summed E-state index contributed by atoms with van der Waals surface area (Å²) in [5.74, 6) is 0. The third-order valence-corrected chi connectivity index (χ3v) is 12.3. The fourth-order valence-electron chi connectivity index (χ4n) is 9.93. The Morgan fingerprint density at radius 3 is 0.817 bits per heavy atom. The van der Waals surface area contributed by atoms with Crippen LogP contribution in [0.25, 0.3) is 83.5 Å². The van der Waals surface area contributed by atoms with Gasteiger partial charge in [0.05, 0.1) is 33.6 Å². The van der Waals surface area contributed by atoms with Crippen molar-refractivity contribution in [3.05, 3.63) is 199 Å². The third kappa shape index (κ3) is 6.28. The summed E-state index contributed by atoms with van der Waals surface area (Å²) < 4.78 is 7.61. The highest BCUT2D eigenvalue weighted by Crippen LogP contribution is 2.50. The van der Waals surface area contributed by atoms with Crippen LogP contribution in [0.1, 0.15) is 56.7 Å². The van der Waals surface area contributed by atoms with Crippen molar-refractivity contribution >= 4 is 32.7 Å². The Bertz CT molecular complexity index is 2750. The van der Waals surface area contributed by atoms with E-state index < -0.39 is 0 Å². The minimum absolute atomic E-state index is 0.951. The molecule has 3 heteroatoms. The summed E-state index contributed by atoms with van der Waals surface area (Å²) in [5, 5.41) is 3.75. The van der Waals surface area contributed by atoms with E-state index in [1.807, 2.05) is 0 Å². The van der Waals surface area contributed by atoms with Gasteiger partial charge in [0.2, 0.25) is 0 Å². The van der Waals surface area contributed by atoms with Crippen molar-refractivity contribution in [1.29, 1.82) is 0 Å². The Kier molecular flexibility index (Phi) is 10.0. The number of fused-ring (bicyclic) bond motifs is 3. The van der Waals surface area contributed by atoms with Crippen molar-refractivity contribution in [2.24, 2.45) is 0 Å². The summed E-state index contributed by atoms with van der Waals surface area (Å²) >= 11 is 0. The molecule has 0 aliphatic carbocycles. The SMILES string of the molecule is CCCc1c(-c2cc3ccccc3n2-c2ccccc2)c(CCC)c(-c2cc3ccccc3n2-c2ccccc2)c(CCC)c1-c1cc2ccccc2n1-c1ccccc1. The van der Waals surface area contributed by atoms with Gasteiger partial charge < -0.3 is 13.7 Å². The molecule has 0 unspecified atom stereocenters. The predicted molar refractivity (Wildman–Crippen MR) is 255 cm³/mol. The minimum Gasteiger partial charge on any atom is -0.309 e. The molecule has 0 saturated heterocycles. The van der Waals surface area contributed by atoms with E-state index in [2.05, 4.69) is 216 Å². The van der Waals surface area contributed by atoms with Crippen molar-refractivity contribution in [2.75, 3.05) is 0 Å². The molecule has 0 N–H and O–H groups in total. The van der Waals surface area contributed by atoms with E-state index in [9.17, 15) is 0 Å². The molecule has 294 valence electrons. The maximum Gasteiger partial charge on any atom is 0.0547 e. The molecular weight excluding hydrogens is 727 g/mol. The second kappa shape index (κ2) is 16.1. The lowest BCUT2D eigenvalue weighted by Gasteiger charge is -2.29. The van der Waals surface area contributed by atoms with E-state index in [0.29, 0.717) is 0 Å². The van der Waals surface area contributed by atoms with E-state index in [1.165, 1.54) is 100 Å². The Hall–Kier alpha value is -6.84. The topological polar surface area (TPSA) is 14.8 Å². The summed E-state index contributed by atoms with van der Waals surface area (Å²) in [6, 6.07) is 67.2. The van der Waals surface area contributed by atoms with Crippen LogP contribution in [-0.4, -0.2) is 13.7 Å². The number of nitrogens with zero attached hydrogens (tertiary/aromatic N) is 3. The summed E-state index contributed by atoms with van der Waals surface area (Å²) in [7, 11) is 0. The summed E-state index contributed by atoms with van der Waals surface area (Å²) in [4.78, 5) is 0. The Morgan fingerprint density at radius 2 is 0.550 bits per heavy atom. The van der Waals surface area contributed by atoms with Crippen LogP contribution >= 0.6 is 0 Å². The monoisotopic (exact) mass is 777 g/mol. The van der Waals surface area contributed by atoms with Crippen molar-refractivity contribution < 1.29 is 0 Å². The van der Waals surface area contributed by atoms with E-state index in [1.54, 1.807) is 0 Å². The minimum atomic E-state index is 0.951. The first-order chi connectivity index (χ1) is 29.7. The van der Waals surface area contributed by atoms with Gasteiger partial charge in [0, 0.05) is 49.9 Å². The van der Waals surface area contributed by atoms with Gasteiger partial charge in [-0.3, -0.25) is 0 Å². The summed E-state index contributed by atoms with van der Waals surface area (Å²) in [6.45, 7) is 7.06. The largest absolute Gasteiger partial charge is 0.309 e. The molecule has 0 atom stereocenters. The lowest BCUT2D eigenvalue weighted by atomic mass is 9.78. The molecule has 0 amide bonds. The van der Waals surface area contributed by atoms with E-state index >= 15 is 0 Å². The van der Waals surface area contributed by atoms with Crippen LogP contribution in [0.15, 0.2) is 182 Å². The molecule has 0 saturated carbocycles. The molecule has 0 spiro atoms. The third-order valence-electron chi connectivity index (χ3n) is 12.3. The smallest absolute Gasteiger partial charge is 0.0547 e. The van der Waals surface area contributed by atoms with E-state index in [4.69, 9.17) is 0 Å². The molecule has 10 rings (SSSR count). The van der Waals surface area contributed by atoms with Gasteiger partial charge in [0.1, 0.15) is 0 Å². The van der Waals surface area contributed by atoms with E-state index in [0.717, 1.165) is 38.5 Å². The first-order valence-electron chi connectivity index (χ1n) is 21.9. The molecule has 60 heavy (non-hydrogen) atoms. The van der Waals surface area contributed by atoms with Crippen molar-refractivity contribution in [2.45, 2.75) is 59.3 Å². The standard InChI is InChI=1S/C57H51N3/c1-4-22-46-55(52-37-40-25-16-19-34-49(40)58(52)43-28-10-7-11-29-43)47(23-5-2)57(54-39-42-27-18-21-36-51(42)60(54)45-32-14-9-15-33-45)48(24-6-3)56(46)53-38-41-26-17-20-35-50(41)59(53)44-30-12-8-13-31-44/h7-21,25-39H,4-6,22-24H2,1-3H3. The van der Waals surface area contributed by atoms with Crippen LogP contribution < -0.4 is 0 Å². The number of aromatic nitrogens is 3. The Labute approximate surface area is 353 Å². The second-order valence-corrected chi connectivity index (χ2v) is 16.1. The van der Waals surface area contributed by atoms with Gasteiger partial charge >= 0.3 is 0 Å². The van der Waals surface area contributed by atoms with Crippen LogP contribution in [0.3, 0.4) is 0 Å². The molecule has 10 aromatic rings. The quantitative estimate of drug-likeness (QED) is 0.117. The highest BCUT2D eigenvalue weighted by Gasteiger charge is 2.31. The Balaban J connectivity index is 1.47. The zero-order valence-corrected chi connectivity index (χ0v) is 34.9. The second-order valence-electron chi connectivity index (χ2n) is 16.1. The van der Waals surface area contributed by atoms with Crippen LogP contribution in [0.5, 0.6) is 0 Å². The van der Waals surface area contributed by atoms with Crippen LogP contribution in [0.2, 0.25) is 0 Å². The number of benzene rings is 7. The highest BCUT2D eigenvalue weighted by atomic mass is 15.0. The molecule has 0 aliphatic heterocycles. The van der Waals surface area contributed by atoms with Crippen LogP contribution in [-0.2, 0) is 19.3 Å². The first-order valence-corrected chi connectivity index (χ1v) is 21.9. The van der Waals surface area contributed by atoms with Crippen LogP contribution in [0.4, 0.5) is 0 Å². The first kappa shape index (κ1) is 37.4. The summed E-state index contributed by atoms with van der Waals surface area (Å²) in [6.07, 6.45) is 5.93. The molecule has 3 heterocycles. The maximum atomic E-state index is 2.54. The zero-order chi connectivity index (χ0) is 40.6. The van der Waals surface area contributed by atoms with Crippen molar-refractivity contribution in [3.63, 3.8) is 0 Å². The molecule has 0 radical (unpaired) electrons. The molecule has 3 aromatic heterocycles. The Morgan fingerprint density at radius 1 is 0.300 bits per heavy atom. The number of hydrogen-bond acceptors (Lipinski definition) is 0. The number of para-hydroxylation sites is 6. The average Bonchev–Trinajstić information content (AvgIpc) is 3.99. The van der Waals surface area contributed by atoms with Crippen molar-refractivity contribution in [1.82, 2.24) is 13.7 Å². The highest BCUT2D eigenvalue weighted by molar-refractivity contribution is 6.00. The normalized spacial score (nSPS) is 11.7. The fourth-order valence-corrected chi connectivity index (χ4v) is 9.93. The van der Waals surface area contributed by atoms with Gasteiger partial charge in [-0.05, 0) is 109 Å². The molecule has 3 nitrogen and oxygen atoms in total. The average molecular weight is 778 g/mol. The van der Waals surface area contributed by atoms with Gasteiger partial charge in [-0.25, -0.2) is 0 Å². The fraction of sp³-hybridized carbons (Fsp3) is 0.158. The van der Waals surface area contributed by atoms with Crippen molar-refractivity contribution in [3.8, 4) is 50.8 Å². The molecule has 0 fully saturated rings. The predicted octanol–water partition coefficient (Wildman–Crippen LogP) is 15.4. The number of rotatable bonds is 12. The van der Waals surface area contributed by atoms with Gasteiger partial charge in [0.25, 0.3) is 0 Å². The molecule has 0 bridgehead atoms. The lowest BCUT2D eigenvalue weighted by molar-refractivity contribution is 0.871. The summed E-state index contributed by atoms with van der Waals surface area (Å²) in [5.41, 5.74) is 19.4. The lowest BCUT2D eigenvalue weighted by Crippen LogP contribution is -2.12.